The highest BCUT2D eigenvalue weighted by Crippen LogP contribution is 2.43. The van der Waals surface area contributed by atoms with Gasteiger partial charge < -0.3 is 15.4 Å². The maximum Gasteiger partial charge on any atom is 0.191 e. The number of guanidine groups is 1. The first-order chi connectivity index (χ1) is 10.3. The third-order valence-electron chi connectivity index (χ3n) is 4.82. The molecule has 0 heterocycles. The van der Waals surface area contributed by atoms with Gasteiger partial charge in [-0.3, -0.25) is 4.99 Å². The van der Waals surface area contributed by atoms with Crippen LogP contribution in [-0.2, 0) is 4.74 Å². The highest BCUT2D eigenvalue weighted by molar-refractivity contribution is 5.79. The summed E-state index contributed by atoms with van der Waals surface area (Å²) in [5.74, 6) is 0.935. The van der Waals surface area contributed by atoms with E-state index in [1.165, 1.54) is 32.1 Å². The quantitative estimate of drug-likeness (QED) is 0.532. The summed E-state index contributed by atoms with van der Waals surface area (Å²) in [5.41, 5.74) is 0.811. The molecule has 0 aromatic rings. The van der Waals surface area contributed by atoms with Crippen molar-refractivity contribution in [2.24, 2.45) is 15.8 Å². The number of ether oxygens (including phenoxy) is 1. The number of methoxy groups -OCH3 is 1. The van der Waals surface area contributed by atoms with Gasteiger partial charge in [0.05, 0.1) is 0 Å². The number of rotatable bonds is 8. The van der Waals surface area contributed by atoms with Gasteiger partial charge in [-0.1, -0.05) is 27.2 Å². The summed E-state index contributed by atoms with van der Waals surface area (Å²) < 4.78 is 5.26. The summed E-state index contributed by atoms with van der Waals surface area (Å²) in [5, 5.41) is 7.06. The summed E-state index contributed by atoms with van der Waals surface area (Å²) in [6.45, 7) is 11.0. The minimum atomic E-state index is 0.392. The minimum absolute atomic E-state index is 0.392. The van der Waals surface area contributed by atoms with Crippen molar-refractivity contribution in [2.45, 2.75) is 72.3 Å². The van der Waals surface area contributed by atoms with Crippen LogP contribution >= 0.6 is 0 Å². The van der Waals surface area contributed by atoms with Crippen LogP contribution in [0.15, 0.2) is 4.99 Å². The monoisotopic (exact) mass is 311 g/mol. The second kappa shape index (κ2) is 8.76. The Morgan fingerprint density at radius 3 is 2.45 bits per heavy atom. The van der Waals surface area contributed by atoms with Gasteiger partial charge in [-0.25, -0.2) is 0 Å². The highest BCUT2D eigenvalue weighted by Gasteiger charge is 2.36. The molecule has 130 valence electrons. The van der Waals surface area contributed by atoms with Crippen LogP contribution in [0.4, 0.5) is 0 Å². The van der Waals surface area contributed by atoms with Crippen LogP contribution in [0.2, 0.25) is 0 Å². The van der Waals surface area contributed by atoms with Gasteiger partial charge in [-0.15, -0.1) is 0 Å². The van der Waals surface area contributed by atoms with Gasteiger partial charge in [0, 0.05) is 33.4 Å². The Kier molecular flexibility index (Phi) is 7.67. The van der Waals surface area contributed by atoms with Crippen molar-refractivity contribution < 1.29 is 4.74 Å². The zero-order valence-electron chi connectivity index (χ0n) is 15.6. The Bertz CT molecular complexity index is 343. The van der Waals surface area contributed by atoms with E-state index in [1.54, 1.807) is 7.11 Å². The average molecular weight is 312 g/mol. The molecule has 0 amide bonds. The normalized spacial score (nSPS) is 19.5. The summed E-state index contributed by atoms with van der Waals surface area (Å²) in [6.07, 6.45) is 7.49. The van der Waals surface area contributed by atoms with Gasteiger partial charge in [-0.2, -0.15) is 0 Å². The Hall–Kier alpha value is -0.770. The molecule has 2 N–H and O–H groups in total. The van der Waals surface area contributed by atoms with Crippen molar-refractivity contribution in [3.8, 4) is 0 Å². The molecule has 1 atom stereocenters. The number of hydrogen-bond donors (Lipinski definition) is 2. The Morgan fingerprint density at radius 2 is 2.00 bits per heavy atom. The van der Waals surface area contributed by atoms with E-state index in [9.17, 15) is 0 Å². The molecule has 1 aliphatic carbocycles. The molecule has 1 saturated carbocycles. The molecular formula is C18H37N3O. The fraction of sp³-hybridized carbons (Fsp3) is 0.944. The lowest BCUT2D eigenvalue weighted by Gasteiger charge is -2.42. The molecule has 0 saturated heterocycles. The van der Waals surface area contributed by atoms with Crippen molar-refractivity contribution in [3.63, 3.8) is 0 Å². The van der Waals surface area contributed by atoms with Crippen LogP contribution < -0.4 is 10.6 Å². The fourth-order valence-electron chi connectivity index (χ4n) is 2.93. The lowest BCUT2D eigenvalue weighted by atomic mass is 9.67. The van der Waals surface area contributed by atoms with E-state index < -0.39 is 0 Å². The zero-order chi connectivity index (χ0) is 16.6. The standard InChI is InChI=1S/C18H37N3O/c1-15(8-11-17(2,3)4)21-16(19-5)20-14-18(9-7-10-18)12-13-22-6/h15H,7-14H2,1-6H3,(H2,19,20,21). The molecule has 0 bridgehead atoms. The molecule has 0 aromatic heterocycles. The molecule has 4 heteroatoms. The first-order valence-corrected chi connectivity index (χ1v) is 8.76. The van der Waals surface area contributed by atoms with Crippen molar-refractivity contribution in [1.82, 2.24) is 10.6 Å². The lowest BCUT2D eigenvalue weighted by Crippen LogP contribution is -2.48. The molecule has 1 aliphatic rings. The first-order valence-electron chi connectivity index (χ1n) is 8.76. The van der Waals surface area contributed by atoms with Gasteiger partial charge in [0.1, 0.15) is 0 Å². The van der Waals surface area contributed by atoms with E-state index in [2.05, 4.69) is 43.3 Å². The largest absolute Gasteiger partial charge is 0.385 e. The van der Waals surface area contributed by atoms with Gasteiger partial charge >= 0.3 is 0 Å². The number of nitrogens with one attached hydrogen (secondary N) is 2. The summed E-state index contributed by atoms with van der Waals surface area (Å²) in [7, 11) is 3.64. The molecule has 0 aromatic carbocycles. The van der Waals surface area contributed by atoms with Gasteiger partial charge in [0.2, 0.25) is 0 Å². The van der Waals surface area contributed by atoms with Gasteiger partial charge in [0.15, 0.2) is 5.96 Å². The minimum Gasteiger partial charge on any atom is -0.385 e. The van der Waals surface area contributed by atoms with Crippen molar-refractivity contribution in [3.05, 3.63) is 0 Å². The van der Waals surface area contributed by atoms with Crippen LogP contribution in [0.25, 0.3) is 0 Å². The van der Waals surface area contributed by atoms with E-state index in [4.69, 9.17) is 4.74 Å². The van der Waals surface area contributed by atoms with Crippen molar-refractivity contribution in [2.75, 3.05) is 27.3 Å². The molecule has 22 heavy (non-hydrogen) atoms. The summed E-state index contributed by atoms with van der Waals surface area (Å²) >= 11 is 0. The van der Waals surface area contributed by atoms with Crippen molar-refractivity contribution in [1.29, 1.82) is 0 Å². The van der Waals surface area contributed by atoms with Crippen LogP contribution in [0, 0.1) is 10.8 Å². The Balaban J connectivity index is 2.35. The maximum absolute atomic E-state index is 5.26. The topological polar surface area (TPSA) is 45.7 Å². The smallest absolute Gasteiger partial charge is 0.191 e. The van der Waals surface area contributed by atoms with Crippen LogP contribution in [-0.4, -0.2) is 39.3 Å². The second-order valence-electron chi connectivity index (χ2n) is 8.17. The van der Waals surface area contributed by atoms with Crippen LogP contribution in [0.3, 0.4) is 0 Å². The molecule has 4 nitrogen and oxygen atoms in total. The van der Waals surface area contributed by atoms with E-state index in [1.807, 2.05) is 7.05 Å². The third-order valence-corrected chi connectivity index (χ3v) is 4.82. The zero-order valence-corrected chi connectivity index (χ0v) is 15.6. The molecule has 0 spiro atoms. The molecule has 0 radical (unpaired) electrons. The van der Waals surface area contributed by atoms with Crippen LogP contribution in [0.5, 0.6) is 0 Å². The summed E-state index contributed by atoms with van der Waals surface area (Å²) in [6, 6.07) is 0.446. The van der Waals surface area contributed by atoms with E-state index >= 15 is 0 Å². The van der Waals surface area contributed by atoms with Crippen molar-refractivity contribution >= 4 is 5.96 Å². The number of nitrogens with zero attached hydrogens (tertiary/aromatic N) is 1. The molecule has 1 fully saturated rings. The molecule has 1 rings (SSSR count). The number of hydrogen-bond acceptors (Lipinski definition) is 2. The van der Waals surface area contributed by atoms with E-state index in [-0.39, 0.29) is 0 Å². The van der Waals surface area contributed by atoms with Gasteiger partial charge in [0.25, 0.3) is 0 Å². The third kappa shape index (κ3) is 6.99. The van der Waals surface area contributed by atoms with E-state index in [0.717, 1.165) is 25.5 Å². The SMILES string of the molecule is CN=C(NCC1(CCOC)CCC1)NC(C)CCC(C)(C)C. The lowest BCUT2D eigenvalue weighted by molar-refractivity contribution is 0.0732. The summed E-state index contributed by atoms with van der Waals surface area (Å²) in [4.78, 5) is 4.38. The Morgan fingerprint density at radius 1 is 1.32 bits per heavy atom. The van der Waals surface area contributed by atoms with Crippen LogP contribution in [0.1, 0.15) is 66.2 Å². The average Bonchev–Trinajstić information content (AvgIpc) is 2.41. The molecule has 1 unspecified atom stereocenters. The van der Waals surface area contributed by atoms with Gasteiger partial charge in [-0.05, 0) is 49.9 Å². The number of aliphatic imine (C=N–C) groups is 1. The second-order valence-corrected chi connectivity index (χ2v) is 8.17. The molecule has 0 aliphatic heterocycles. The maximum atomic E-state index is 5.26. The highest BCUT2D eigenvalue weighted by atomic mass is 16.5. The predicted molar refractivity (Wildman–Crippen MR) is 95.4 cm³/mol. The predicted octanol–water partition coefficient (Wildman–Crippen LogP) is 3.57. The van der Waals surface area contributed by atoms with E-state index in [0.29, 0.717) is 16.9 Å². The first kappa shape index (κ1) is 19.3. The Labute approximate surface area is 137 Å². The fourth-order valence-corrected chi connectivity index (χ4v) is 2.93. The molecular weight excluding hydrogens is 274 g/mol.